The van der Waals surface area contributed by atoms with Crippen LogP contribution in [-0.2, 0) is 10.2 Å². The lowest BCUT2D eigenvalue weighted by molar-refractivity contribution is -0.125. The van der Waals surface area contributed by atoms with Crippen molar-refractivity contribution >= 4 is 5.91 Å². The molecule has 0 spiro atoms. The summed E-state index contributed by atoms with van der Waals surface area (Å²) in [6.45, 7) is 0.612. The average molecular weight is 318 g/mol. The second kappa shape index (κ2) is 7.00. The Morgan fingerprint density at radius 2 is 2.04 bits per heavy atom. The summed E-state index contributed by atoms with van der Waals surface area (Å²) in [5.41, 5.74) is 6.83. The number of rotatable bonds is 4. The number of hydrogen-bond donors (Lipinski definition) is 2. The van der Waals surface area contributed by atoms with E-state index in [0.717, 1.165) is 50.5 Å². The van der Waals surface area contributed by atoms with E-state index in [9.17, 15) is 9.18 Å². The van der Waals surface area contributed by atoms with Crippen LogP contribution in [0.1, 0.15) is 56.9 Å². The van der Waals surface area contributed by atoms with Crippen LogP contribution in [0.15, 0.2) is 24.3 Å². The van der Waals surface area contributed by atoms with E-state index < -0.39 is 0 Å². The Kier molecular flexibility index (Phi) is 5.00. The van der Waals surface area contributed by atoms with E-state index in [-0.39, 0.29) is 29.1 Å². The summed E-state index contributed by atoms with van der Waals surface area (Å²) in [7, 11) is 0. The molecular weight excluding hydrogens is 291 g/mol. The fourth-order valence-electron chi connectivity index (χ4n) is 4.27. The predicted octanol–water partition coefficient (Wildman–Crippen LogP) is 3.27. The molecule has 1 aromatic rings. The number of nitrogens with one attached hydrogen (secondary N) is 1. The fraction of sp³-hybridized carbons (Fsp3) is 0.632. The molecule has 2 saturated carbocycles. The van der Waals surface area contributed by atoms with Crippen molar-refractivity contribution in [1.82, 2.24) is 5.32 Å². The van der Waals surface area contributed by atoms with Crippen LogP contribution >= 0.6 is 0 Å². The Hall–Kier alpha value is -1.42. The van der Waals surface area contributed by atoms with E-state index in [2.05, 4.69) is 5.32 Å². The second-order valence-corrected chi connectivity index (χ2v) is 7.34. The van der Waals surface area contributed by atoms with E-state index in [1.165, 1.54) is 12.5 Å². The molecule has 0 saturated heterocycles. The minimum Gasteiger partial charge on any atom is -0.355 e. The largest absolute Gasteiger partial charge is 0.355 e. The molecule has 2 atom stereocenters. The van der Waals surface area contributed by atoms with Crippen LogP contribution in [-0.4, -0.2) is 18.5 Å². The minimum absolute atomic E-state index is 0.0538. The second-order valence-electron chi connectivity index (χ2n) is 7.34. The van der Waals surface area contributed by atoms with Crippen LogP contribution in [0, 0.1) is 11.7 Å². The molecule has 0 radical (unpaired) electrons. The highest BCUT2D eigenvalue weighted by Gasteiger charge is 2.36. The number of benzene rings is 1. The molecule has 3 N–H and O–H groups in total. The van der Waals surface area contributed by atoms with Crippen molar-refractivity contribution in [3.63, 3.8) is 0 Å². The average Bonchev–Trinajstić information content (AvgIpc) is 3.00. The molecule has 1 amide bonds. The number of amides is 1. The van der Waals surface area contributed by atoms with Crippen LogP contribution < -0.4 is 11.1 Å². The first kappa shape index (κ1) is 16.4. The molecule has 2 aliphatic rings. The van der Waals surface area contributed by atoms with Gasteiger partial charge in [0, 0.05) is 23.9 Å². The first-order valence-corrected chi connectivity index (χ1v) is 8.88. The minimum atomic E-state index is -0.194. The molecule has 2 aliphatic carbocycles. The highest BCUT2D eigenvalue weighted by molar-refractivity contribution is 5.79. The van der Waals surface area contributed by atoms with Gasteiger partial charge in [0.05, 0.1) is 0 Å². The monoisotopic (exact) mass is 318 g/mol. The van der Waals surface area contributed by atoms with Gasteiger partial charge in [0.25, 0.3) is 0 Å². The lowest BCUT2D eigenvalue weighted by Gasteiger charge is -2.38. The third kappa shape index (κ3) is 3.74. The SMILES string of the molecule is NC1CCC(C(=O)NCC2(c3cccc(F)c3)CCCCC2)C1. The zero-order valence-corrected chi connectivity index (χ0v) is 13.7. The van der Waals surface area contributed by atoms with Crippen molar-refractivity contribution in [2.24, 2.45) is 11.7 Å². The van der Waals surface area contributed by atoms with Crippen LogP contribution in [0.25, 0.3) is 0 Å². The van der Waals surface area contributed by atoms with Gasteiger partial charge in [-0.2, -0.15) is 0 Å². The van der Waals surface area contributed by atoms with Gasteiger partial charge in [0.1, 0.15) is 5.82 Å². The maximum Gasteiger partial charge on any atom is 0.223 e. The standard InChI is InChI=1S/C19H27FN2O/c20-16-6-4-5-15(12-16)19(9-2-1-3-10-19)13-22-18(23)14-7-8-17(21)11-14/h4-6,12,14,17H,1-3,7-11,13,21H2,(H,22,23). The molecule has 0 aromatic heterocycles. The molecule has 2 unspecified atom stereocenters. The Morgan fingerprint density at radius 1 is 1.26 bits per heavy atom. The van der Waals surface area contributed by atoms with Crippen LogP contribution in [0.2, 0.25) is 0 Å². The fourth-order valence-corrected chi connectivity index (χ4v) is 4.27. The van der Waals surface area contributed by atoms with Gasteiger partial charge >= 0.3 is 0 Å². The number of carbonyl (C=O) groups is 1. The normalized spacial score (nSPS) is 26.9. The van der Waals surface area contributed by atoms with E-state index in [1.807, 2.05) is 6.07 Å². The zero-order chi connectivity index (χ0) is 16.3. The van der Waals surface area contributed by atoms with Gasteiger partial charge in [0.2, 0.25) is 5.91 Å². The number of carbonyl (C=O) groups excluding carboxylic acids is 1. The summed E-state index contributed by atoms with van der Waals surface area (Å²) >= 11 is 0. The number of nitrogens with two attached hydrogens (primary N) is 1. The molecular formula is C19H27FN2O. The van der Waals surface area contributed by atoms with Crippen molar-refractivity contribution < 1.29 is 9.18 Å². The molecule has 0 bridgehead atoms. The maximum absolute atomic E-state index is 13.7. The summed E-state index contributed by atoms with van der Waals surface area (Å²) < 4.78 is 13.7. The molecule has 3 nitrogen and oxygen atoms in total. The van der Waals surface area contributed by atoms with E-state index in [1.54, 1.807) is 12.1 Å². The van der Waals surface area contributed by atoms with E-state index in [4.69, 9.17) is 5.73 Å². The summed E-state index contributed by atoms with van der Waals surface area (Å²) in [6.07, 6.45) is 8.15. The molecule has 1 aromatic carbocycles. The smallest absolute Gasteiger partial charge is 0.223 e. The van der Waals surface area contributed by atoms with Crippen molar-refractivity contribution in [3.05, 3.63) is 35.6 Å². The topological polar surface area (TPSA) is 55.1 Å². The van der Waals surface area contributed by atoms with Gasteiger partial charge < -0.3 is 11.1 Å². The summed E-state index contributed by atoms with van der Waals surface area (Å²) in [5.74, 6) is -0.0157. The summed E-state index contributed by atoms with van der Waals surface area (Å²) in [6, 6.07) is 7.07. The quantitative estimate of drug-likeness (QED) is 0.895. The Labute approximate surface area is 137 Å². The highest BCUT2D eigenvalue weighted by Crippen LogP contribution is 2.39. The summed E-state index contributed by atoms with van der Waals surface area (Å²) in [5, 5.41) is 3.16. The summed E-state index contributed by atoms with van der Waals surface area (Å²) in [4.78, 5) is 12.4. The Bertz CT molecular complexity index is 554. The molecule has 23 heavy (non-hydrogen) atoms. The molecule has 2 fully saturated rings. The zero-order valence-electron chi connectivity index (χ0n) is 13.7. The van der Waals surface area contributed by atoms with E-state index in [0.29, 0.717) is 6.54 Å². The van der Waals surface area contributed by atoms with Gasteiger partial charge in [-0.1, -0.05) is 31.4 Å². The van der Waals surface area contributed by atoms with Gasteiger partial charge in [-0.25, -0.2) is 4.39 Å². The van der Waals surface area contributed by atoms with Crippen LogP contribution in [0.4, 0.5) is 4.39 Å². The molecule has 4 heteroatoms. The highest BCUT2D eigenvalue weighted by atomic mass is 19.1. The van der Waals surface area contributed by atoms with Gasteiger partial charge in [0.15, 0.2) is 0 Å². The lowest BCUT2D eigenvalue weighted by Crippen LogP contribution is -2.44. The maximum atomic E-state index is 13.7. The van der Waals surface area contributed by atoms with Gasteiger partial charge in [-0.05, 0) is 49.8 Å². The predicted molar refractivity (Wildman–Crippen MR) is 89.5 cm³/mol. The Morgan fingerprint density at radius 3 is 2.70 bits per heavy atom. The van der Waals surface area contributed by atoms with Crippen molar-refractivity contribution in [1.29, 1.82) is 0 Å². The van der Waals surface area contributed by atoms with Crippen molar-refractivity contribution in [3.8, 4) is 0 Å². The van der Waals surface area contributed by atoms with E-state index >= 15 is 0 Å². The Balaban J connectivity index is 1.71. The third-order valence-corrected chi connectivity index (χ3v) is 5.69. The van der Waals surface area contributed by atoms with Gasteiger partial charge in [-0.15, -0.1) is 0 Å². The van der Waals surface area contributed by atoms with Crippen molar-refractivity contribution in [2.75, 3.05) is 6.54 Å². The van der Waals surface area contributed by atoms with Gasteiger partial charge in [-0.3, -0.25) is 4.79 Å². The number of halogens is 1. The third-order valence-electron chi connectivity index (χ3n) is 5.69. The molecule has 3 rings (SSSR count). The first-order valence-electron chi connectivity index (χ1n) is 8.88. The first-order chi connectivity index (χ1) is 11.1. The van der Waals surface area contributed by atoms with Crippen LogP contribution in [0.3, 0.4) is 0 Å². The molecule has 126 valence electrons. The molecule has 0 aliphatic heterocycles. The lowest BCUT2D eigenvalue weighted by atomic mass is 9.69. The molecule has 0 heterocycles. The van der Waals surface area contributed by atoms with Crippen molar-refractivity contribution in [2.45, 2.75) is 62.8 Å². The number of hydrogen-bond acceptors (Lipinski definition) is 2. The van der Waals surface area contributed by atoms with Crippen LogP contribution in [0.5, 0.6) is 0 Å².